The Balaban J connectivity index is 3.54. The lowest BCUT2D eigenvalue weighted by Gasteiger charge is -1.97. The molecule has 0 bridgehead atoms. The number of hydrogen-bond donors (Lipinski definition) is 0. The number of allylic oxidation sites excluding steroid dienone is 1. The molecule has 0 aliphatic carbocycles. The van der Waals surface area contributed by atoms with E-state index in [1.54, 1.807) is 0 Å². The SMILES string of the molecule is CC(=O)OC/C=C\C(F)(F)F. The van der Waals surface area contributed by atoms with E-state index in [1.165, 1.54) is 0 Å². The molecule has 0 unspecified atom stereocenters. The quantitative estimate of drug-likeness (QED) is 0.463. The van der Waals surface area contributed by atoms with Crippen molar-refractivity contribution in [1.29, 1.82) is 0 Å². The van der Waals surface area contributed by atoms with Crippen molar-refractivity contribution in [3.8, 4) is 0 Å². The first kappa shape index (κ1) is 10.0. The Bertz CT molecular complexity index is 160. The minimum atomic E-state index is -4.33. The molecular formula is C6H7F3O2. The summed E-state index contributed by atoms with van der Waals surface area (Å²) in [6.45, 7) is 0.788. The standard InChI is InChI=1S/C6H7F3O2/c1-5(10)11-4-2-3-6(7,8)9/h2-3H,4H2,1H3/b3-2-. The van der Waals surface area contributed by atoms with Crippen LogP contribution < -0.4 is 0 Å². The molecular weight excluding hydrogens is 161 g/mol. The van der Waals surface area contributed by atoms with E-state index < -0.39 is 12.1 Å². The van der Waals surface area contributed by atoms with E-state index in [0.717, 1.165) is 13.0 Å². The molecule has 0 amide bonds. The van der Waals surface area contributed by atoms with Crippen molar-refractivity contribution in [3.63, 3.8) is 0 Å². The molecule has 0 aromatic carbocycles. The first-order valence-corrected chi connectivity index (χ1v) is 2.79. The molecule has 0 fully saturated rings. The van der Waals surface area contributed by atoms with Gasteiger partial charge in [-0.05, 0) is 6.08 Å². The van der Waals surface area contributed by atoms with Gasteiger partial charge < -0.3 is 4.74 Å². The van der Waals surface area contributed by atoms with Crippen molar-refractivity contribution in [2.24, 2.45) is 0 Å². The van der Waals surface area contributed by atoms with Gasteiger partial charge in [-0.2, -0.15) is 13.2 Å². The summed E-state index contributed by atoms with van der Waals surface area (Å²) in [5.74, 6) is -0.600. The predicted molar refractivity (Wildman–Crippen MR) is 31.8 cm³/mol. The van der Waals surface area contributed by atoms with Crippen LogP contribution in [0, 0.1) is 0 Å². The lowest BCUT2D eigenvalue weighted by Crippen LogP contribution is -2.03. The maximum absolute atomic E-state index is 11.4. The van der Waals surface area contributed by atoms with E-state index in [9.17, 15) is 18.0 Å². The predicted octanol–water partition coefficient (Wildman–Crippen LogP) is 1.67. The smallest absolute Gasteiger partial charge is 0.409 e. The Hall–Kier alpha value is -1.00. The van der Waals surface area contributed by atoms with Crippen LogP contribution in [0.1, 0.15) is 6.92 Å². The first-order chi connectivity index (χ1) is 4.92. The fourth-order valence-corrected chi connectivity index (χ4v) is 0.347. The van der Waals surface area contributed by atoms with Gasteiger partial charge in [-0.25, -0.2) is 0 Å². The third kappa shape index (κ3) is 9.00. The summed E-state index contributed by atoms with van der Waals surface area (Å²) in [6, 6.07) is 0. The normalized spacial score (nSPS) is 12.0. The summed E-state index contributed by atoms with van der Waals surface area (Å²) in [6.07, 6.45) is -3.57. The van der Waals surface area contributed by atoms with Crippen molar-refractivity contribution >= 4 is 5.97 Å². The number of esters is 1. The molecule has 0 saturated carbocycles. The van der Waals surface area contributed by atoms with Gasteiger partial charge in [0.15, 0.2) is 0 Å². The second-order valence-electron chi connectivity index (χ2n) is 1.75. The highest BCUT2D eigenvalue weighted by Crippen LogP contribution is 2.15. The van der Waals surface area contributed by atoms with E-state index in [2.05, 4.69) is 4.74 Å². The number of ether oxygens (including phenoxy) is 1. The highest BCUT2D eigenvalue weighted by molar-refractivity contribution is 5.65. The zero-order valence-electron chi connectivity index (χ0n) is 5.81. The monoisotopic (exact) mass is 168 g/mol. The molecule has 0 N–H and O–H groups in total. The van der Waals surface area contributed by atoms with Crippen LogP contribution in [0.15, 0.2) is 12.2 Å². The first-order valence-electron chi connectivity index (χ1n) is 2.79. The molecule has 0 saturated heterocycles. The maximum atomic E-state index is 11.4. The summed E-state index contributed by atoms with van der Waals surface area (Å²) in [7, 11) is 0. The largest absolute Gasteiger partial charge is 0.462 e. The topological polar surface area (TPSA) is 26.3 Å². The van der Waals surface area contributed by atoms with Gasteiger partial charge in [0.05, 0.1) is 0 Å². The van der Waals surface area contributed by atoms with Crippen LogP contribution in [0.25, 0.3) is 0 Å². The third-order valence-corrected chi connectivity index (χ3v) is 0.690. The number of halogens is 3. The van der Waals surface area contributed by atoms with Crippen LogP contribution in [-0.4, -0.2) is 18.8 Å². The maximum Gasteiger partial charge on any atom is 0.409 e. The fourth-order valence-electron chi connectivity index (χ4n) is 0.347. The fraction of sp³-hybridized carbons (Fsp3) is 0.500. The van der Waals surface area contributed by atoms with Crippen molar-refractivity contribution in [1.82, 2.24) is 0 Å². The highest BCUT2D eigenvalue weighted by atomic mass is 19.4. The summed E-state index contributed by atoms with van der Waals surface area (Å²) < 4.78 is 38.3. The van der Waals surface area contributed by atoms with Crippen molar-refractivity contribution < 1.29 is 22.7 Å². The zero-order chi connectivity index (χ0) is 8.91. The molecule has 11 heavy (non-hydrogen) atoms. The second-order valence-corrected chi connectivity index (χ2v) is 1.75. The average molecular weight is 168 g/mol. The average Bonchev–Trinajstić information content (AvgIpc) is 1.78. The minimum Gasteiger partial charge on any atom is -0.462 e. The minimum absolute atomic E-state index is 0.0238. The van der Waals surface area contributed by atoms with Crippen LogP contribution in [0.3, 0.4) is 0 Å². The lowest BCUT2D eigenvalue weighted by atomic mass is 10.5. The molecule has 0 atom stereocenters. The number of carbonyl (C=O) groups excluding carboxylic acids is 1. The van der Waals surface area contributed by atoms with Gasteiger partial charge in [0, 0.05) is 13.0 Å². The molecule has 0 aliphatic rings. The van der Waals surface area contributed by atoms with Crippen LogP contribution in [0.4, 0.5) is 13.2 Å². The molecule has 0 aromatic rings. The van der Waals surface area contributed by atoms with E-state index in [1.807, 2.05) is 0 Å². The Morgan fingerprint density at radius 3 is 2.45 bits per heavy atom. The molecule has 0 aliphatic heterocycles. The zero-order valence-corrected chi connectivity index (χ0v) is 5.81. The Morgan fingerprint density at radius 2 is 2.09 bits per heavy atom. The number of carbonyl (C=O) groups is 1. The Labute approximate surface area is 61.6 Å². The molecule has 0 rings (SSSR count). The van der Waals surface area contributed by atoms with Gasteiger partial charge in [-0.15, -0.1) is 0 Å². The molecule has 0 radical (unpaired) electrons. The van der Waals surface area contributed by atoms with Crippen molar-refractivity contribution in [3.05, 3.63) is 12.2 Å². The number of alkyl halides is 3. The Morgan fingerprint density at radius 1 is 1.55 bits per heavy atom. The van der Waals surface area contributed by atoms with Gasteiger partial charge in [0.25, 0.3) is 0 Å². The van der Waals surface area contributed by atoms with E-state index in [-0.39, 0.29) is 12.7 Å². The van der Waals surface area contributed by atoms with Crippen molar-refractivity contribution in [2.75, 3.05) is 6.61 Å². The van der Waals surface area contributed by atoms with Crippen LogP contribution in [0.2, 0.25) is 0 Å². The molecule has 0 heterocycles. The molecule has 64 valence electrons. The van der Waals surface area contributed by atoms with Crippen LogP contribution in [-0.2, 0) is 9.53 Å². The molecule has 2 nitrogen and oxygen atoms in total. The molecule has 0 spiro atoms. The third-order valence-electron chi connectivity index (χ3n) is 0.690. The summed E-state index contributed by atoms with van der Waals surface area (Å²) in [5.41, 5.74) is 0. The van der Waals surface area contributed by atoms with Gasteiger partial charge in [-0.3, -0.25) is 4.79 Å². The van der Waals surface area contributed by atoms with Gasteiger partial charge in [0.2, 0.25) is 0 Å². The van der Waals surface area contributed by atoms with Crippen molar-refractivity contribution in [2.45, 2.75) is 13.1 Å². The second kappa shape index (κ2) is 4.00. The molecule has 0 aromatic heterocycles. The van der Waals surface area contributed by atoms with Gasteiger partial charge >= 0.3 is 12.1 Å². The van der Waals surface area contributed by atoms with E-state index in [0.29, 0.717) is 0 Å². The van der Waals surface area contributed by atoms with E-state index in [4.69, 9.17) is 0 Å². The Kier molecular flexibility index (Phi) is 3.64. The molecule has 5 heteroatoms. The van der Waals surface area contributed by atoms with E-state index >= 15 is 0 Å². The summed E-state index contributed by atoms with van der Waals surface area (Å²) in [4.78, 5) is 10.0. The number of rotatable bonds is 2. The highest BCUT2D eigenvalue weighted by Gasteiger charge is 2.21. The lowest BCUT2D eigenvalue weighted by molar-refractivity contribution is -0.139. The summed E-state index contributed by atoms with van der Waals surface area (Å²) >= 11 is 0. The van der Waals surface area contributed by atoms with Gasteiger partial charge in [0.1, 0.15) is 6.61 Å². The summed E-state index contributed by atoms with van der Waals surface area (Å²) in [5, 5.41) is 0. The van der Waals surface area contributed by atoms with Crippen LogP contribution in [0.5, 0.6) is 0 Å². The van der Waals surface area contributed by atoms with Gasteiger partial charge in [-0.1, -0.05) is 0 Å². The van der Waals surface area contributed by atoms with Crippen LogP contribution >= 0.6 is 0 Å². The number of hydrogen-bond acceptors (Lipinski definition) is 2.